The lowest BCUT2D eigenvalue weighted by Gasteiger charge is -2.21. The smallest absolute Gasteiger partial charge is 0.0957 e. The van der Waals surface area contributed by atoms with E-state index in [1.54, 1.807) is 11.3 Å². The van der Waals surface area contributed by atoms with Crippen LogP contribution >= 0.6 is 11.3 Å². The predicted octanol–water partition coefficient (Wildman–Crippen LogP) is 1.54. The first-order chi connectivity index (χ1) is 8.29. The normalized spacial score (nSPS) is 22.9. The number of nitrogens with one attached hydrogen (secondary N) is 2. The van der Waals surface area contributed by atoms with E-state index in [1.165, 1.54) is 4.88 Å². The maximum Gasteiger partial charge on any atom is 0.0957 e. The Hall–Kier alpha value is -0.910. The molecule has 2 heterocycles. The number of hydrogen-bond donors (Lipinski definition) is 3. The molecule has 1 aliphatic heterocycles. The second kappa shape index (κ2) is 6.14. The monoisotopic (exact) mass is 253 g/mol. The summed E-state index contributed by atoms with van der Waals surface area (Å²) in [7, 11) is 0. The van der Waals surface area contributed by atoms with Gasteiger partial charge in [0.15, 0.2) is 0 Å². The van der Waals surface area contributed by atoms with Crippen LogP contribution in [0.4, 0.5) is 0 Å². The van der Waals surface area contributed by atoms with Crippen LogP contribution in [-0.4, -0.2) is 31.6 Å². The molecule has 5 heteroatoms. The van der Waals surface area contributed by atoms with Gasteiger partial charge in [0.1, 0.15) is 0 Å². The van der Waals surface area contributed by atoms with Crippen LogP contribution < -0.4 is 11.1 Å². The standard InChI is InChI=1S/C12H19N3OS/c13-7-9(11-2-1-5-17-11)6-10-8-16-4-3-12(14)15-10/h1-2,5,9-10H,3-4,6-8,13H2,(H2,14,15). The van der Waals surface area contributed by atoms with Crippen LogP contribution in [0.25, 0.3) is 0 Å². The molecular weight excluding hydrogens is 234 g/mol. The molecular formula is C12H19N3OS. The second-order valence-electron chi connectivity index (χ2n) is 4.33. The van der Waals surface area contributed by atoms with Crippen LogP contribution in [0, 0.1) is 5.41 Å². The zero-order chi connectivity index (χ0) is 12.1. The maximum absolute atomic E-state index is 7.72. The minimum absolute atomic E-state index is 0.209. The first kappa shape index (κ1) is 12.5. The highest BCUT2D eigenvalue weighted by molar-refractivity contribution is 7.10. The lowest BCUT2D eigenvalue weighted by Crippen LogP contribution is -2.37. The van der Waals surface area contributed by atoms with E-state index < -0.39 is 0 Å². The van der Waals surface area contributed by atoms with Gasteiger partial charge in [0.2, 0.25) is 0 Å². The van der Waals surface area contributed by atoms with E-state index in [0.717, 1.165) is 6.42 Å². The van der Waals surface area contributed by atoms with E-state index in [1.807, 2.05) is 0 Å². The van der Waals surface area contributed by atoms with Crippen molar-refractivity contribution in [3.8, 4) is 0 Å². The summed E-state index contributed by atoms with van der Waals surface area (Å²) in [6, 6.07) is 4.40. The largest absolute Gasteiger partial charge is 0.379 e. The molecule has 0 aromatic carbocycles. The van der Waals surface area contributed by atoms with E-state index in [9.17, 15) is 0 Å². The van der Waals surface area contributed by atoms with E-state index in [0.29, 0.717) is 37.9 Å². The van der Waals surface area contributed by atoms with Crippen LogP contribution in [0.2, 0.25) is 0 Å². The minimum Gasteiger partial charge on any atom is -0.379 e. The van der Waals surface area contributed by atoms with Crippen molar-refractivity contribution in [1.82, 2.24) is 5.32 Å². The van der Waals surface area contributed by atoms with Crippen molar-refractivity contribution in [2.24, 2.45) is 5.73 Å². The summed E-state index contributed by atoms with van der Waals surface area (Å²) in [5.41, 5.74) is 5.84. The number of ether oxygens (including phenoxy) is 1. The number of nitrogens with two attached hydrogens (primary N) is 1. The van der Waals surface area contributed by atoms with Gasteiger partial charge >= 0.3 is 0 Å². The molecule has 17 heavy (non-hydrogen) atoms. The van der Waals surface area contributed by atoms with Crippen molar-refractivity contribution in [2.75, 3.05) is 19.8 Å². The predicted molar refractivity (Wildman–Crippen MR) is 70.8 cm³/mol. The van der Waals surface area contributed by atoms with Gasteiger partial charge in [-0.3, -0.25) is 5.41 Å². The highest BCUT2D eigenvalue weighted by Gasteiger charge is 2.20. The molecule has 94 valence electrons. The Balaban J connectivity index is 1.95. The Morgan fingerprint density at radius 3 is 3.24 bits per heavy atom. The van der Waals surface area contributed by atoms with E-state index >= 15 is 0 Å². The van der Waals surface area contributed by atoms with E-state index in [2.05, 4.69) is 22.8 Å². The first-order valence-electron chi connectivity index (χ1n) is 5.94. The molecule has 0 spiro atoms. The zero-order valence-electron chi connectivity index (χ0n) is 9.82. The molecule has 0 amide bonds. The van der Waals surface area contributed by atoms with Crippen molar-refractivity contribution in [3.05, 3.63) is 22.4 Å². The number of rotatable bonds is 4. The molecule has 0 saturated carbocycles. The summed E-state index contributed by atoms with van der Waals surface area (Å²) >= 11 is 1.75. The Morgan fingerprint density at radius 1 is 1.65 bits per heavy atom. The fourth-order valence-electron chi connectivity index (χ4n) is 2.08. The molecule has 0 radical (unpaired) electrons. The molecule has 1 aromatic rings. The summed E-state index contributed by atoms with van der Waals surface area (Å²) in [6.45, 7) is 1.96. The Morgan fingerprint density at radius 2 is 2.53 bits per heavy atom. The molecule has 1 aromatic heterocycles. The van der Waals surface area contributed by atoms with Gasteiger partial charge in [0, 0.05) is 23.8 Å². The Kier molecular flexibility index (Phi) is 4.53. The van der Waals surface area contributed by atoms with Crippen LogP contribution in [0.3, 0.4) is 0 Å². The molecule has 0 bridgehead atoms. The topological polar surface area (TPSA) is 71.1 Å². The third kappa shape index (κ3) is 3.52. The maximum atomic E-state index is 7.72. The number of hydrogen-bond acceptors (Lipinski definition) is 4. The van der Waals surface area contributed by atoms with Gasteiger partial charge in [0.25, 0.3) is 0 Å². The summed E-state index contributed by atoms with van der Waals surface area (Å²) in [4.78, 5) is 1.32. The Bertz CT molecular complexity index is 353. The molecule has 0 aliphatic carbocycles. The number of amidine groups is 1. The highest BCUT2D eigenvalue weighted by atomic mass is 32.1. The van der Waals surface area contributed by atoms with Crippen molar-refractivity contribution < 1.29 is 4.74 Å². The Labute approximate surface area is 106 Å². The third-order valence-electron chi connectivity index (χ3n) is 2.99. The van der Waals surface area contributed by atoms with Crippen LogP contribution in [0.5, 0.6) is 0 Å². The molecule has 1 aliphatic rings. The SMILES string of the molecule is N=C1CCOCC(CC(CN)c2cccs2)N1. The molecule has 1 saturated heterocycles. The van der Waals surface area contributed by atoms with Gasteiger partial charge in [-0.05, 0) is 17.9 Å². The molecule has 4 N–H and O–H groups in total. The molecule has 2 atom stereocenters. The van der Waals surface area contributed by atoms with Crippen LogP contribution in [-0.2, 0) is 4.74 Å². The van der Waals surface area contributed by atoms with Gasteiger partial charge in [-0.1, -0.05) is 6.07 Å². The van der Waals surface area contributed by atoms with Gasteiger partial charge in [-0.15, -0.1) is 11.3 Å². The van der Waals surface area contributed by atoms with Crippen molar-refractivity contribution in [3.63, 3.8) is 0 Å². The van der Waals surface area contributed by atoms with Gasteiger partial charge in [-0.25, -0.2) is 0 Å². The van der Waals surface area contributed by atoms with E-state index in [4.69, 9.17) is 15.9 Å². The summed E-state index contributed by atoms with van der Waals surface area (Å²) in [6.07, 6.45) is 1.61. The molecule has 4 nitrogen and oxygen atoms in total. The third-order valence-corrected chi connectivity index (χ3v) is 4.03. The van der Waals surface area contributed by atoms with Crippen LogP contribution in [0.1, 0.15) is 23.6 Å². The lowest BCUT2D eigenvalue weighted by atomic mass is 9.98. The molecule has 2 unspecified atom stereocenters. The highest BCUT2D eigenvalue weighted by Crippen LogP contribution is 2.25. The quantitative estimate of drug-likeness (QED) is 0.762. The zero-order valence-corrected chi connectivity index (χ0v) is 10.6. The van der Waals surface area contributed by atoms with Gasteiger partial charge < -0.3 is 15.8 Å². The van der Waals surface area contributed by atoms with Crippen molar-refractivity contribution in [1.29, 1.82) is 5.41 Å². The minimum atomic E-state index is 0.209. The second-order valence-corrected chi connectivity index (χ2v) is 5.31. The lowest BCUT2D eigenvalue weighted by molar-refractivity contribution is 0.127. The summed E-state index contributed by atoms with van der Waals surface area (Å²) in [5, 5.41) is 13.0. The average molecular weight is 253 g/mol. The van der Waals surface area contributed by atoms with Crippen LogP contribution in [0.15, 0.2) is 17.5 Å². The average Bonchev–Trinajstić information content (AvgIpc) is 2.77. The first-order valence-corrected chi connectivity index (χ1v) is 6.82. The van der Waals surface area contributed by atoms with Gasteiger partial charge in [-0.2, -0.15) is 0 Å². The molecule has 1 fully saturated rings. The summed E-state index contributed by atoms with van der Waals surface area (Å²) in [5.74, 6) is 0.941. The van der Waals surface area contributed by atoms with E-state index in [-0.39, 0.29) is 6.04 Å². The van der Waals surface area contributed by atoms with Crippen molar-refractivity contribution >= 4 is 17.2 Å². The fraction of sp³-hybridized carbons (Fsp3) is 0.583. The van der Waals surface area contributed by atoms with Crippen molar-refractivity contribution in [2.45, 2.75) is 24.8 Å². The van der Waals surface area contributed by atoms with Gasteiger partial charge in [0.05, 0.1) is 25.1 Å². The molecule has 2 rings (SSSR count). The fourth-order valence-corrected chi connectivity index (χ4v) is 2.94. The summed E-state index contributed by atoms with van der Waals surface area (Å²) < 4.78 is 5.50. The number of thiophene rings is 1.